The minimum atomic E-state index is -0.327. The summed E-state index contributed by atoms with van der Waals surface area (Å²) in [5.74, 6) is -0.178. The van der Waals surface area contributed by atoms with Crippen molar-refractivity contribution < 1.29 is 9.59 Å². The van der Waals surface area contributed by atoms with E-state index in [1.54, 1.807) is 18.2 Å². The second-order valence-corrected chi connectivity index (χ2v) is 7.70. The predicted molar refractivity (Wildman–Crippen MR) is 117 cm³/mol. The molecule has 0 bridgehead atoms. The van der Waals surface area contributed by atoms with E-state index in [1.807, 2.05) is 12.1 Å². The van der Waals surface area contributed by atoms with Crippen LogP contribution in [0.3, 0.4) is 0 Å². The molecule has 1 saturated heterocycles. The van der Waals surface area contributed by atoms with Crippen LogP contribution in [0.15, 0.2) is 42.5 Å². The highest BCUT2D eigenvalue weighted by Crippen LogP contribution is 2.25. The molecule has 3 rings (SSSR count). The zero-order chi connectivity index (χ0) is 20.6. The van der Waals surface area contributed by atoms with E-state index in [0.717, 1.165) is 25.2 Å². The predicted octanol–water partition coefficient (Wildman–Crippen LogP) is 4.61. The van der Waals surface area contributed by atoms with Crippen molar-refractivity contribution in [1.29, 1.82) is 0 Å². The number of urea groups is 1. The molecule has 29 heavy (non-hydrogen) atoms. The summed E-state index contributed by atoms with van der Waals surface area (Å²) in [6, 6.07) is 12.8. The summed E-state index contributed by atoms with van der Waals surface area (Å²) < 4.78 is 0. The van der Waals surface area contributed by atoms with Gasteiger partial charge in [-0.05, 0) is 55.3 Å². The third kappa shape index (κ3) is 6.48. The van der Waals surface area contributed by atoms with Gasteiger partial charge in [0.15, 0.2) is 0 Å². The Morgan fingerprint density at radius 1 is 1.00 bits per heavy atom. The minimum absolute atomic E-state index is 0.178. The summed E-state index contributed by atoms with van der Waals surface area (Å²) >= 11 is 6.21. The van der Waals surface area contributed by atoms with Gasteiger partial charge in [-0.3, -0.25) is 9.69 Å². The van der Waals surface area contributed by atoms with Gasteiger partial charge in [0.05, 0.1) is 10.7 Å². The van der Waals surface area contributed by atoms with Crippen LogP contribution in [0, 0.1) is 0 Å². The molecular formula is C22H27ClN4O2. The Hall–Kier alpha value is -2.57. The minimum Gasteiger partial charge on any atom is -0.334 e. The van der Waals surface area contributed by atoms with Crippen molar-refractivity contribution in [1.82, 2.24) is 10.2 Å². The second kappa shape index (κ2) is 10.3. The molecule has 1 aliphatic rings. The van der Waals surface area contributed by atoms with Crippen LogP contribution >= 0.6 is 11.6 Å². The van der Waals surface area contributed by atoms with Crippen molar-refractivity contribution in [3.63, 3.8) is 0 Å². The van der Waals surface area contributed by atoms with Gasteiger partial charge in [-0.25, -0.2) is 4.79 Å². The lowest BCUT2D eigenvalue weighted by Gasteiger charge is -2.27. The Morgan fingerprint density at radius 3 is 2.41 bits per heavy atom. The molecule has 1 fully saturated rings. The van der Waals surface area contributed by atoms with Gasteiger partial charge in [-0.15, -0.1) is 0 Å². The lowest BCUT2D eigenvalue weighted by Crippen LogP contribution is -2.31. The smallest absolute Gasteiger partial charge is 0.319 e. The molecule has 7 heteroatoms. The van der Waals surface area contributed by atoms with Gasteiger partial charge in [-0.1, -0.05) is 42.3 Å². The fourth-order valence-corrected chi connectivity index (χ4v) is 3.71. The Bertz CT molecular complexity index is 866. The zero-order valence-electron chi connectivity index (χ0n) is 16.6. The first-order valence-corrected chi connectivity index (χ1v) is 10.3. The average molecular weight is 415 g/mol. The monoisotopic (exact) mass is 414 g/mol. The SMILES string of the molecule is CC(=O)Nc1ccc(NC(=O)NCc2ccccc2CN2CCCCC2)c(Cl)c1. The van der Waals surface area contributed by atoms with Gasteiger partial charge in [-0.2, -0.15) is 0 Å². The Morgan fingerprint density at radius 2 is 1.72 bits per heavy atom. The van der Waals surface area contributed by atoms with Gasteiger partial charge in [0.2, 0.25) is 5.91 Å². The van der Waals surface area contributed by atoms with Crippen LogP contribution in [-0.4, -0.2) is 29.9 Å². The number of nitrogens with zero attached hydrogens (tertiary/aromatic N) is 1. The highest BCUT2D eigenvalue weighted by Gasteiger charge is 2.13. The molecule has 3 N–H and O–H groups in total. The van der Waals surface area contributed by atoms with Gasteiger partial charge < -0.3 is 16.0 Å². The number of piperidine rings is 1. The molecular weight excluding hydrogens is 388 g/mol. The Kier molecular flexibility index (Phi) is 7.49. The number of nitrogens with one attached hydrogen (secondary N) is 3. The quantitative estimate of drug-likeness (QED) is 0.646. The molecule has 0 radical (unpaired) electrons. The number of carbonyl (C=O) groups is 2. The largest absolute Gasteiger partial charge is 0.334 e. The highest BCUT2D eigenvalue weighted by molar-refractivity contribution is 6.34. The lowest BCUT2D eigenvalue weighted by molar-refractivity contribution is -0.114. The van der Waals surface area contributed by atoms with Crippen LogP contribution in [0.2, 0.25) is 5.02 Å². The molecule has 2 aromatic rings. The lowest BCUT2D eigenvalue weighted by atomic mass is 10.0. The molecule has 154 valence electrons. The van der Waals surface area contributed by atoms with Gasteiger partial charge in [0.25, 0.3) is 0 Å². The van der Waals surface area contributed by atoms with Crippen molar-refractivity contribution in [2.24, 2.45) is 0 Å². The summed E-state index contributed by atoms with van der Waals surface area (Å²) in [6.07, 6.45) is 3.82. The first-order chi connectivity index (χ1) is 14.0. The van der Waals surface area contributed by atoms with Gasteiger partial charge in [0, 0.05) is 25.7 Å². The molecule has 0 aliphatic carbocycles. The molecule has 0 aromatic heterocycles. The summed E-state index contributed by atoms with van der Waals surface area (Å²) in [7, 11) is 0. The fraction of sp³-hybridized carbons (Fsp3) is 0.364. The van der Waals surface area contributed by atoms with Crippen LogP contribution in [0.1, 0.15) is 37.3 Å². The fourth-order valence-electron chi connectivity index (χ4n) is 3.48. The van der Waals surface area contributed by atoms with Crippen molar-refractivity contribution in [3.8, 4) is 0 Å². The van der Waals surface area contributed by atoms with E-state index in [0.29, 0.717) is 22.9 Å². The zero-order valence-corrected chi connectivity index (χ0v) is 17.4. The molecule has 0 spiro atoms. The Labute approximate surface area is 176 Å². The second-order valence-electron chi connectivity index (χ2n) is 7.29. The molecule has 6 nitrogen and oxygen atoms in total. The van der Waals surface area contributed by atoms with Gasteiger partial charge in [0.1, 0.15) is 0 Å². The number of likely N-dealkylation sites (tertiary alicyclic amines) is 1. The van der Waals surface area contributed by atoms with Crippen molar-refractivity contribution >= 4 is 34.9 Å². The molecule has 0 saturated carbocycles. The van der Waals surface area contributed by atoms with E-state index in [9.17, 15) is 9.59 Å². The summed E-state index contributed by atoms with van der Waals surface area (Å²) in [5, 5.41) is 8.67. The van der Waals surface area contributed by atoms with Crippen molar-refractivity contribution in [2.45, 2.75) is 39.3 Å². The first-order valence-electron chi connectivity index (χ1n) is 9.92. The third-order valence-electron chi connectivity index (χ3n) is 4.94. The van der Waals surface area contributed by atoms with Crippen LogP contribution in [0.4, 0.5) is 16.2 Å². The maximum absolute atomic E-state index is 12.3. The number of amides is 3. The van der Waals surface area contributed by atoms with E-state index in [-0.39, 0.29) is 11.9 Å². The van der Waals surface area contributed by atoms with E-state index < -0.39 is 0 Å². The molecule has 1 aliphatic heterocycles. The maximum Gasteiger partial charge on any atom is 0.319 e. The van der Waals surface area contributed by atoms with Crippen LogP contribution in [-0.2, 0) is 17.9 Å². The number of anilines is 2. The van der Waals surface area contributed by atoms with E-state index in [4.69, 9.17) is 11.6 Å². The number of carbonyl (C=O) groups excluding carboxylic acids is 2. The topological polar surface area (TPSA) is 73.5 Å². The van der Waals surface area contributed by atoms with E-state index >= 15 is 0 Å². The van der Waals surface area contributed by atoms with Crippen molar-refractivity contribution in [3.05, 3.63) is 58.6 Å². The Balaban J connectivity index is 1.56. The van der Waals surface area contributed by atoms with Gasteiger partial charge >= 0.3 is 6.03 Å². The third-order valence-corrected chi connectivity index (χ3v) is 5.25. The summed E-state index contributed by atoms with van der Waals surface area (Å²) in [4.78, 5) is 25.9. The van der Waals surface area contributed by atoms with Crippen LogP contribution < -0.4 is 16.0 Å². The molecule has 3 amide bonds. The van der Waals surface area contributed by atoms with Crippen LogP contribution in [0.5, 0.6) is 0 Å². The van der Waals surface area contributed by atoms with E-state index in [1.165, 1.54) is 31.7 Å². The number of hydrogen-bond donors (Lipinski definition) is 3. The molecule has 0 unspecified atom stereocenters. The van der Waals surface area contributed by atoms with E-state index in [2.05, 4.69) is 33.0 Å². The summed E-state index contributed by atoms with van der Waals surface area (Å²) in [5.41, 5.74) is 3.42. The normalized spacial score (nSPS) is 14.3. The number of rotatable bonds is 6. The standard InChI is InChI=1S/C22H27ClN4O2/c1-16(28)25-19-9-10-21(20(23)13-19)26-22(29)24-14-17-7-3-4-8-18(17)15-27-11-5-2-6-12-27/h3-4,7-10,13H,2,5-6,11-12,14-15H2,1H3,(H,25,28)(H2,24,26,29). The maximum atomic E-state index is 12.3. The molecule has 0 atom stereocenters. The molecule has 1 heterocycles. The highest BCUT2D eigenvalue weighted by atomic mass is 35.5. The number of hydrogen-bond acceptors (Lipinski definition) is 3. The van der Waals surface area contributed by atoms with Crippen LogP contribution in [0.25, 0.3) is 0 Å². The summed E-state index contributed by atoms with van der Waals surface area (Å²) in [6.45, 7) is 5.05. The first kappa shape index (κ1) is 21.1. The average Bonchev–Trinajstić information content (AvgIpc) is 2.70. The van der Waals surface area contributed by atoms with Crippen molar-refractivity contribution in [2.75, 3.05) is 23.7 Å². The number of halogens is 1. The molecule has 2 aromatic carbocycles. The number of benzene rings is 2.